The number of carbonyl (C=O) groups is 1. The Morgan fingerprint density at radius 1 is 1.00 bits per heavy atom. The molecule has 3 nitrogen and oxygen atoms in total. The molecule has 3 aromatic rings. The van der Waals surface area contributed by atoms with Crippen molar-refractivity contribution >= 4 is 22.5 Å². The van der Waals surface area contributed by atoms with Gasteiger partial charge in [0.25, 0.3) is 5.91 Å². The number of carbonyl (C=O) groups excluding carboxylic acids is 1. The van der Waals surface area contributed by atoms with E-state index < -0.39 is 0 Å². The largest absolute Gasteiger partial charge is 0.320 e. The third-order valence-electron chi connectivity index (χ3n) is 3.70. The molecule has 0 bridgehead atoms. The number of benzene rings is 2. The summed E-state index contributed by atoms with van der Waals surface area (Å²) in [6, 6.07) is 17.3. The Morgan fingerprint density at radius 2 is 1.77 bits per heavy atom. The number of amides is 1. The van der Waals surface area contributed by atoms with Crippen LogP contribution in [-0.2, 0) is 0 Å². The van der Waals surface area contributed by atoms with Crippen LogP contribution in [0, 0.1) is 0 Å². The van der Waals surface area contributed by atoms with E-state index in [2.05, 4.69) is 36.3 Å². The van der Waals surface area contributed by atoms with Crippen LogP contribution in [0.1, 0.15) is 35.7 Å². The van der Waals surface area contributed by atoms with E-state index in [0.29, 0.717) is 11.5 Å². The zero-order valence-corrected chi connectivity index (χ0v) is 12.7. The van der Waals surface area contributed by atoms with Crippen LogP contribution >= 0.6 is 0 Å². The van der Waals surface area contributed by atoms with E-state index in [1.807, 2.05) is 42.5 Å². The van der Waals surface area contributed by atoms with Crippen LogP contribution in [0.15, 0.2) is 60.8 Å². The molecule has 0 fully saturated rings. The Balaban J connectivity index is 2.08. The number of hydrogen-bond donors (Lipinski definition) is 1. The molecule has 0 unspecified atom stereocenters. The molecule has 0 saturated heterocycles. The van der Waals surface area contributed by atoms with Crippen molar-refractivity contribution in [2.75, 3.05) is 5.32 Å². The number of pyridine rings is 1. The van der Waals surface area contributed by atoms with Crippen LogP contribution in [-0.4, -0.2) is 10.9 Å². The summed E-state index contributed by atoms with van der Waals surface area (Å²) in [4.78, 5) is 16.9. The number of aromatic nitrogens is 1. The molecule has 0 spiro atoms. The monoisotopic (exact) mass is 290 g/mol. The Labute approximate surface area is 130 Å². The molecular formula is C19H18N2O. The maximum Gasteiger partial charge on any atom is 0.255 e. The molecule has 3 heteroatoms. The molecular weight excluding hydrogens is 272 g/mol. The summed E-state index contributed by atoms with van der Waals surface area (Å²) in [5, 5.41) is 4.07. The van der Waals surface area contributed by atoms with Crippen LogP contribution in [0.5, 0.6) is 0 Å². The summed E-state index contributed by atoms with van der Waals surface area (Å²) >= 11 is 0. The third-order valence-corrected chi connectivity index (χ3v) is 3.70. The van der Waals surface area contributed by atoms with Gasteiger partial charge in [-0.25, -0.2) is 0 Å². The fourth-order valence-electron chi connectivity index (χ4n) is 2.55. The summed E-state index contributed by atoms with van der Waals surface area (Å²) in [7, 11) is 0. The normalized spacial score (nSPS) is 10.9. The van der Waals surface area contributed by atoms with E-state index in [0.717, 1.165) is 22.2 Å². The SMILES string of the molecule is CC(C)c1ccc2cccnc2c1NC(=O)c1ccccc1. The number of fused-ring (bicyclic) bond motifs is 1. The third kappa shape index (κ3) is 2.70. The molecule has 0 aliphatic carbocycles. The van der Waals surface area contributed by atoms with E-state index in [1.165, 1.54) is 0 Å². The summed E-state index contributed by atoms with van der Waals surface area (Å²) in [6.07, 6.45) is 1.75. The number of nitrogens with one attached hydrogen (secondary N) is 1. The van der Waals surface area contributed by atoms with Crippen molar-refractivity contribution in [3.8, 4) is 0 Å². The molecule has 0 radical (unpaired) electrons. The molecule has 22 heavy (non-hydrogen) atoms. The number of rotatable bonds is 3. The molecule has 3 rings (SSSR count). The lowest BCUT2D eigenvalue weighted by Crippen LogP contribution is -2.14. The molecule has 0 saturated carbocycles. The fourth-order valence-corrected chi connectivity index (χ4v) is 2.55. The van der Waals surface area contributed by atoms with Crippen LogP contribution < -0.4 is 5.32 Å². The predicted molar refractivity (Wildman–Crippen MR) is 90.2 cm³/mol. The van der Waals surface area contributed by atoms with E-state index >= 15 is 0 Å². The minimum Gasteiger partial charge on any atom is -0.320 e. The topological polar surface area (TPSA) is 42.0 Å². The second-order valence-electron chi connectivity index (χ2n) is 5.58. The van der Waals surface area contributed by atoms with Gasteiger partial charge in [-0.15, -0.1) is 0 Å². The van der Waals surface area contributed by atoms with Crippen LogP contribution in [0.2, 0.25) is 0 Å². The Morgan fingerprint density at radius 3 is 2.50 bits per heavy atom. The van der Waals surface area contributed by atoms with Gasteiger partial charge in [0.1, 0.15) is 0 Å². The highest BCUT2D eigenvalue weighted by molar-refractivity contribution is 6.09. The van der Waals surface area contributed by atoms with Crippen molar-refractivity contribution < 1.29 is 4.79 Å². The first-order chi connectivity index (χ1) is 10.7. The Hall–Kier alpha value is -2.68. The van der Waals surface area contributed by atoms with E-state index in [9.17, 15) is 4.79 Å². The summed E-state index contributed by atoms with van der Waals surface area (Å²) in [5.74, 6) is 0.193. The van der Waals surface area contributed by atoms with Gasteiger partial charge in [0, 0.05) is 17.1 Å². The molecule has 1 heterocycles. The van der Waals surface area contributed by atoms with Crippen LogP contribution in [0.25, 0.3) is 10.9 Å². The first kappa shape index (κ1) is 14.3. The van der Waals surface area contributed by atoms with Gasteiger partial charge in [-0.2, -0.15) is 0 Å². The zero-order chi connectivity index (χ0) is 15.5. The first-order valence-electron chi connectivity index (χ1n) is 7.41. The second-order valence-corrected chi connectivity index (χ2v) is 5.58. The first-order valence-corrected chi connectivity index (χ1v) is 7.41. The smallest absolute Gasteiger partial charge is 0.255 e. The van der Waals surface area contributed by atoms with E-state index in [1.54, 1.807) is 6.20 Å². The van der Waals surface area contributed by atoms with Crippen LogP contribution in [0.4, 0.5) is 5.69 Å². The maximum atomic E-state index is 12.5. The average Bonchev–Trinajstić information content (AvgIpc) is 2.55. The van der Waals surface area contributed by atoms with E-state index in [-0.39, 0.29) is 5.91 Å². The molecule has 0 aliphatic rings. The quantitative estimate of drug-likeness (QED) is 0.765. The molecule has 1 aromatic heterocycles. The highest BCUT2D eigenvalue weighted by atomic mass is 16.1. The van der Waals surface area contributed by atoms with Gasteiger partial charge in [0.05, 0.1) is 11.2 Å². The number of hydrogen-bond acceptors (Lipinski definition) is 2. The van der Waals surface area contributed by atoms with Gasteiger partial charge in [-0.1, -0.05) is 50.2 Å². The molecule has 0 aliphatic heterocycles. The van der Waals surface area contributed by atoms with Crippen molar-refractivity contribution in [1.82, 2.24) is 4.98 Å². The molecule has 110 valence electrons. The fraction of sp³-hybridized carbons (Fsp3) is 0.158. The van der Waals surface area contributed by atoms with Gasteiger partial charge in [0.15, 0.2) is 0 Å². The molecule has 1 N–H and O–H groups in total. The van der Waals surface area contributed by atoms with E-state index in [4.69, 9.17) is 0 Å². The predicted octanol–water partition coefficient (Wildman–Crippen LogP) is 4.61. The zero-order valence-electron chi connectivity index (χ0n) is 12.7. The summed E-state index contributed by atoms with van der Waals surface area (Å²) in [6.45, 7) is 4.23. The van der Waals surface area contributed by atoms with Crippen molar-refractivity contribution in [2.45, 2.75) is 19.8 Å². The van der Waals surface area contributed by atoms with Gasteiger partial charge >= 0.3 is 0 Å². The second kappa shape index (κ2) is 5.98. The summed E-state index contributed by atoms with van der Waals surface area (Å²) in [5.41, 5.74) is 3.38. The van der Waals surface area contributed by atoms with Gasteiger partial charge in [-0.3, -0.25) is 9.78 Å². The standard InChI is InChI=1S/C19H18N2O/c1-13(2)16-11-10-14-9-6-12-20-17(14)18(16)21-19(22)15-7-4-3-5-8-15/h3-13H,1-2H3,(H,21,22). The molecule has 0 atom stereocenters. The minimum absolute atomic E-state index is 0.111. The number of nitrogens with zero attached hydrogens (tertiary/aromatic N) is 1. The lowest BCUT2D eigenvalue weighted by Gasteiger charge is -2.16. The minimum atomic E-state index is -0.111. The average molecular weight is 290 g/mol. The maximum absolute atomic E-state index is 12.5. The van der Waals surface area contributed by atoms with Crippen LogP contribution in [0.3, 0.4) is 0 Å². The van der Waals surface area contributed by atoms with Crippen molar-refractivity contribution in [3.63, 3.8) is 0 Å². The van der Waals surface area contributed by atoms with Gasteiger partial charge in [-0.05, 0) is 29.7 Å². The lowest BCUT2D eigenvalue weighted by molar-refractivity contribution is 0.102. The Kier molecular flexibility index (Phi) is 3.88. The summed E-state index contributed by atoms with van der Waals surface area (Å²) < 4.78 is 0. The lowest BCUT2D eigenvalue weighted by atomic mass is 9.98. The van der Waals surface area contributed by atoms with Gasteiger partial charge in [0.2, 0.25) is 0 Å². The highest BCUT2D eigenvalue weighted by Crippen LogP contribution is 2.31. The van der Waals surface area contributed by atoms with Crippen molar-refractivity contribution in [3.05, 3.63) is 71.9 Å². The molecule has 2 aromatic carbocycles. The van der Waals surface area contributed by atoms with Crippen molar-refractivity contribution in [2.24, 2.45) is 0 Å². The Bertz CT molecular complexity index is 810. The number of anilines is 1. The molecule has 1 amide bonds. The highest BCUT2D eigenvalue weighted by Gasteiger charge is 2.15. The van der Waals surface area contributed by atoms with Gasteiger partial charge < -0.3 is 5.32 Å². The van der Waals surface area contributed by atoms with Crippen molar-refractivity contribution in [1.29, 1.82) is 0 Å².